The van der Waals surface area contributed by atoms with Crippen LogP contribution < -0.4 is 11.1 Å². The lowest BCUT2D eigenvalue weighted by Gasteiger charge is -2.24. The Balaban J connectivity index is 1.97. The molecular formula is C13H17N5. The van der Waals surface area contributed by atoms with Crippen LogP contribution in [0, 0.1) is 0 Å². The summed E-state index contributed by atoms with van der Waals surface area (Å²) >= 11 is 0. The Morgan fingerprint density at radius 2 is 2.17 bits per heavy atom. The minimum Gasteiger partial charge on any atom is -0.366 e. The maximum atomic E-state index is 5.66. The van der Waals surface area contributed by atoms with Gasteiger partial charge in [-0.05, 0) is 24.0 Å². The second-order valence-corrected chi connectivity index (χ2v) is 4.56. The fourth-order valence-corrected chi connectivity index (χ4v) is 2.40. The van der Waals surface area contributed by atoms with Crippen LogP contribution in [0.1, 0.15) is 30.5 Å². The molecule has 3 rings (SSSR count). The zero-order chi connectivity index (χ0) is 12.5. The molecule has 2 heterocycles. The van der Waals surface area contributed by atoms with Crippen molar-refractivity contribution in [1.82, 2.24) is 14.8 Å². The van der Waals surface area contributed by atoms with Gasteiger partial charge in [-0.25, -0.2) is 4.68 Å². The number of anilines is 2. The van der Waals surface area contributed by atoms with Gasteiger partial charge in [-0.3, -0.25) is 0 Å². The van der Waals surface area contributed by atoms with Gasteiger partial charge in [0.1, 0.15) is 0 Å². The average molecular weight is 243 g/mol. The highest BCUT2D eigenvalue weighted by Gasteiger charge is 2.23. The largest absolute Gasteiger partial charge is 0.366 e. The molecule has 0 saturated heterocycles. The molecule has 1 unspecified atom stereocenters. The van der Waals surface area contributed by atoms with Crippen LogP contribution in [0.5, 0.6) is 0 Å². The molecule has 0 radical (unpaired) electrons. The van der Waals surface area contributed by atoms with Gasteiger partial charge >= 0.3 is 0 Å². The summed E-state index contributed by atoms with van der Waals surface area (Å²) in [6.45, 7) is 3.06. The van der Waals surface area contributed by atoms with Crippen LogP contribution in [0.3, 0.4) is 0 Å². The number of fused-ring (bicyclic) bond motifs is 1. The Hall–Kier alpha value is -2.04. The molecule has 0 amide bonds. The number of hydrogen-bond acceptors (Lipinski definition) is 4. The molecular weight excluding hydrogens is 226 g/mol. The van der Waals surface area contributed by atoms with Crippen molar-refractivity contribution < 1.29 is 0 Å². The second kappa shape index (κ2) is 4.33. The molecule has 0 saturated carbocycles. The van der Waals surface area contributed by atoms with Crippen LogP contribution in [0.2, 0.25) is 0 Å². The van der Waals surface area contributed by atoms with Crippen LogP contribution in [0.25, 0.3) is 0 Å². The Bertz CT molecular complexity index is 543. The highest BCUT2D eigenvalue weighted by atomic mass is 15.4. The summed E-state index contributed by atoms with van der Waals surface area (Å²) in [5.41, 5.74) is 8.28. The molecule has 1 aliphatic heterocycles. The van der Waals surface area contributed by atoms with Crippen LogP contribution in [-0.4, -0.2) is 21.3 Å². The van der Waals surface area contributed by atoms with Gasteiger partial charge in [0, 0.05) is 6.54 Å². The first-order valence-electron chi connectivity index (χ1n) is 6.32. The van der Waals surface area contributed by atoms with E-state index in [1.54, 1.807) is 0 Å². The smallest absolute Gasteiger partial charge is 0.241 e. The summed E-state index contributed by atoms with van der Waals surface area (Å²) in [5.74, 6) is 1.10. The number of nitrogens with one attached hydrogen (secondary N) is 1. The predicted octanol–water partition coefficient (Wildman–Crippen LogP) is 1.83. The number of rotatable bonds is 2. The molecule has 1 aliphatic rings. The summed E-state index contributed by atoms with van der Waals surface area (Å²) < 4.78 is 1.89. The lowest BCUT2D eigenvalue weighted by atomic mass is 10.0. The molecule has 5 nitrogen and oxygen atoms in total. The highest BCUT2D eigenvalue weighted by molar-refractivity contribution is 5.37. The van der Waals surface area contributed by atoms with Crippen LogP contribution in [0.4, 0.5) is 11.9 Å². The van der Waals surface area contributed by atoms with Gasteiger partial charge in [0.2, 0.25) is 11.9 Å². The van der Waals surface area contributed by atoms with Crippen molar-refractivity contribution >= 4 is 11.9 Å². The second-order valence-electron chi connectivity index (χ2n) is 4.56. The van der Waals surface area contributed by atoms with Crippen molar-refractivity contribution in [2.24, 2.45) is 0 Å². The van der Waals surface area contributed by atoms with Gasteiger partial charge in [-0.1, -0.05) is 31.2 Å². The van der Waals surface area contributed by atoms with Crippen molar-refractivity contribution in [3.05, 3.63) is 35.4 Å². The Kier molecular flexibility index (Phi) is 2.66. The Morgan fingerprint density at radius 3 is 2.89 bits per heavy atom. The van der Waals surface area contributed by atoms with E-state index in [0.29, 0.717) is 5.95 Å². The van der Waals surface area contributed by atoms with Crippen LogP contribution >= 0.6 is 0 Å². The van der Waals surface area contributed by atoms with E-state index >= 15 is 0 Å². The zero-order valence-corrected chi connectivity index (χ0v) is 10.4. The summed E-state index contributed by atoms with van der Waals surface area (Å²) in [5, 5.41) is 7.49. The van der Waals surface area contributed by atoms with Gasteiger partial charge in [0.05, 0.1) is 6.04 Å². The topological polar surface area (TPSA) is 68.8 Å². The lowest BCUT2D eigenvalue weighted by Crippen LogP contribution is -2.24. The maximum absolute atomic E-state index is 5.66. The molecule has 3 N–H and O–H groups in total. The molecule has 5 heteroatoms. The van der Waals surface area contributed by atoms with Gasteiger partial charge in [0.15, 0.2) is 0 Å². The van der Waals surface area contributed by atoms with Crippen molar-refractivity contribution in [2.75, 3.05) is 17.6 Å². The minimum absolute atomic E-state index is 0.233. The summed E-state index contributed by atoms with van der Waals surface area (Å²) in [6.07, 6.45) is 2.06. The third-order valence-corrected chi connectivity index (χ3v) is 3.42. The normalized spacial score (nSPS) is 18.2. The number of benzene rings is 1. The first-order chi connectivity index (χ1) is 8.78. The third kappa shape index (κ3) is 1.81. The minimum atomic E-state index is 0.233. The number of aryl methyl sites for hydroxylation is 1. The van der Waals surface area contributed by atoms with E-state index in [0.717, 1.165) is 25.3 Å². The Morgan fingerprint density at radius 1 is 1.39 bits per heavy atom. The van der Waals surface area contributed by atoms with Crippen molar-refractivity contribution in [2.45, 2.75) is 25.8 Å². The van der Waals surface area contributed by atoms with E-state index in [2.05, 4.69) is 46.6 Å². The van der Waals surface area contributed by atoms with E-state index in [-0.39, 0.29) is 6.04 Å². The first-order valence-corrected chi connectivity index (χ1v) is 6.32. The van der Waals surface area contributed by atoms with Crippen LogP contribution in [0.15, 0.2) is 24.3 Å². The number of aromatic nitrogens is 3. The summed E-state index contributed by atoms with van der Waals surface area (Å²) in [7, 11) is 0. The molecule has 0 aliphatic carbocycles. The SMILES string of the molecule is CCc1ccc(C2CCNc3nc(N)nn32)cc1. The fourth-order valence-electron chi connectivity index (χ4n) is 2.40. The van der Waals surface area contributed by atoms with E-state index in [9.17, 15) is 0 Å². The molecule has 1 aromatic carbocycles. The first kappa shape index (κ1) is 11.1. The van der Waals surface area contributed by atoms with Crippen molar-refractivity contribution in [3.8, 4) is 0 Å². The number of nitrogens with two attached hydrogens (primary N) is 1. The molecule has 18 heavy (non-hydrogen) atoms. The lowest BCUT2D eigenvalue weighted by molar-refractivity contribution is 0.481. The zero-order valence-electron chi connectivity index (χ0n) is 10.4. The van der Waals surface area contributed by atoms with E-state index in [1.165, 1.54) is 11.1 Å². The van der Waals surface area contributed by atoms with Crippen molar-refractivity contribution in [1.29, 1.82) is 0 Å². The Labute approximate surface area is 106 Å². The maximum Gasteiger partial charge on any atom is 0.241 e. The van der Waals surface area contributed by atoms with E-state index in [1.807, 2.05) is 4.68 Å². The summed E-state index contributed by atoms with van der Waals surface area (Å²) in [6, 6.07) is 8.94. The van der Waals surface area contributed by atoms with E-state index in [4.69, 9.17) is 5.73 Å². The predicted molar refractivity (Wildman–Crippen MR) is 71.5 cm³/mol. The molecule has 1 atom stereocenters. The standard InChI is InChI=1S/C13H17N5/c1-2-9-3-5-10(6-4-9)11-7-8-15-13-16-12(14)17-18(11)13/h3-6,11H,2,7-8H2,1H3,(H3,14,15,16,17). The van der Waals surface area contributed by atoms with Crippen molar-refractivity contribution in [3.63, 3.8) is 0 Å². The fraction of sp³-hybridized carbons (Fsp3) is 0.385. The molecule has 2 aromatic rings. The van der Waals surface area contributed by atoms with E-state index < -0.39 is 0 Å². The highest BCUT2D eigenvalue weighted by Crippen LogP contribution is 2.28. The van der Waals surface area contributed by atoms with Crippen LogP contribution in [-0.2, 0) is 6.42 Å². The van der Waals surface area contributed by atoms with Gasteiger partial charge < -0.3 is 11.1 Å². The molecule has 0 bridgehead atoms. The van der Waals surface area contributed by atoms with Gasteiger partial charge in [-0.2, -0.15) is 4.98 Å². The number of nitrogens with zero attached hydrogens (tertiary/aromatic N) is 3. The number of nitrogen functional groups attached to an aromatic ring is 1. The number of hydrogen-bond donors (Lipinski definition) is 2. The average Bonchev–Trinajstić information content (AvgIpc) is 2.79. The molecule has 0 spiro atoms. The van der Waals surface area contributed by atoms with Gasteiger partial charge in [0.25, 0.3) is 0 Å². The molecule has 1 aromatic heterocycles. The van der Waals surface area contributed by atoms with Gasteiger partial charge in [-0.15, -0.1) is 5.10 Å². The monoisotopic (exact) mass is 243 g/mol. The quantitative estimate of drug-likeness (QED) is 0.844. The summed E-state index contributed by atoms with van der Waals surface area (Å²) in [4.78, 5) is 4.18. The molecule has 0 fully saturated rings. The third-order valence-electron chi connectivity index (χ3n) is 3.42. The molecule has 94 valence electrons.